The normalized spacial score (nSPS) is 19.6. The summed E-state index contributed by atoms with van der Waals surface area (Å²) in [6.45, 7) is 2.97. The zero-order chi connectivity index (χ0) is 84.3. The van der Waals surface area contributed by atoms with Gasteiger partial charge < -0.3 is 101 Å². The van der Waals surface area contributed by atoms with Crippen molar-refractivity contribution in [3.8, 4) is 0 Å². The molecule has 115 heavy (non-hydrogen) atoms. The number of aliphatic hydroxyl groups is 2. The van der Waals surface area contributed by atoms with Crippen molar-refractivity contribution in [2.24, 2.45) is 23.3 Å². The molecule has 2 fully saturated rings. The Bertz CT molecular complexity index is 4030. The van der Waals surface area contributed by atoms with Gasteiger partial charge in [0.2, 0.25) is 82.7 Å². The van der Waals surface area contributed by atoms with Crippen LogP contribution < -0.4 is 85.9 Å². The molecule has 0 saturated carbocycles. The maximum Gasteiger partial charge on any atom is 0.326 e. The van der Waals surface area contributed by atoms with Gasteiger partial charge in [-0.15, -0.1) is 0 Å². The van der Waals surface area contributed by atoms with Gasteiger partial charge in [-0.05, 0) is 85.6 Å². The Hall–Kier alpha value is -12.3. The SMILES string of the molecule is CC(C)C[C@H](NC(=O)CNC(=O)[C@H](Cc1ccccc1)NC(=O)[C@H](CO)NC(=O)[C@@H]1CC(=O)NCC(=O)N[C@@H](Cc2ccccc2)C(=O)NC(=O)N[C@@H](CO)C(=O)N[C@@H](CCCCN)C(=O)N2CCC[C@@H]2C(=O)N[C@@H](CC(C)C)C(=O)N1)C(=O)N[C@@H](CC(N)=O)C(=O)N[C@@H](Cc1ccccc1)C(=O)N[C@@H](Cc1ccccc1)C(=O)O. The molecule has 0 radical (unpaired) electrons. The van der Waals surface area contributed by atoms with Crippen LogP contribution in [0.1, 0.15) is 108 Å². The molecule has 4 aromatic carbocycles. The third kappa shape index (κ3) is 31.0. The maximum absolute atomic E-state index is 14.7. The Morgan fingerprint density at radius 3 is 1.57 bits per heavy atom. The standard InChI is InChI=1S/C78H105N17O20/c1-44(2)32-51(67(103)88-56(38-62(80)98)70(106)87-55(36-48-24-13-7-14-25-48)69(105)91-58(77(113)114)37-49-26-15-8-16-27-49)83-65(101)41-82-66(102)53(34-46-20-9-5-10-21-46)86-73(109)59(42-96)92-71(107)57-39-63(99)81-40-64(100)84-54(35-47-22-11-6-12-23-47)72(108)94-78(115)93-60(43-97)74(110)85-50(28-17-18-30-79)76(112)95-31-19-29-61(95)75(111)90-52(33-45(3)4)68(104)89-57/h5-16,20-27,44-45,50-61,96-97H,17-19,28-43,79H2,1-4H3,(H2,80,98)(H,81,99)(H,82,102)(H,83,101)(H,84,100)(H,85,110)(H,86,109)(H,87,106)(H,88,103)(H,89,104)(H,90,111)(H,91,105)(H,92,107)(H,113,114)(H2,93,94,108,115)/t50-,51-,52-,53-,54-,55-,56-,57-,58-,59-,60-,61+/m0/s1. The number of primary amides is 1. The van der Waals surface area contributed by atoms with Gasteiger partial charge in [0, 0.05) is 32.2 Å². The summed E-state index contributed by atoms with van der Waals surface area (Å²) in [4.78, 5) is 238. The van der Waals surface area contributed by atoms with Crippen molar-refractivity contribution in [3.63, 3.8) is 0 Å². The highest BCUT2D eigenvalue weighted by molar-refractivity contribution is 6.03. The number of nitrogens with zero attached hydrogens (tertiary/aromatic N) is 1. The summed E-state index contributed by atoms with van der Waals surface area (Å²) in [6, 6.07) is 12.4. The Labute approximate surface area is 664 Å². The van der Waals surface area contributed by atoms with Gasteiger partial charge in [-0.25, -0.2) is 9.59 Å². The highest BCUT2D eigenvalue weighted by Gasteiger charge is 2.42. The number of urea groups is 1. The average molecular weight is 1600 g/mol. The van der Waals surface area contributed by atoms with Crippen molar-refractivity contribution < 1.29 is 96.8 Å². The van der Waals surface area contributed by atoms with Crippen molar-refractivity contribution in [1.29, 1.82) is 0 Å². The Balaban J connectivity index is 1.22. The number of aliphatic carboxylic acids is 1. The molecular weight excluding hydrogens is 1490 g/mol. The second-order valence-corrected chi connectivity index (χ2v) is 28.8. The molecule has 21 N–H and O–H groups in total. The van der Waals surface area contributed by atoms with E-state index in [1.54, 1.807) is 149 Å². The van der Waals surface area contributed by atoms with Crippen LogP contribution in [0, 0.1) is 11.8 Å². The van der Waals surface area contributed by atoms with Gasteiger partial charge >= 0.3 is 12.0 Å². The monoisotopic (exact) mass is 1600 g/mol. The molecule has 2 aliphatic heterocycles. The molecule has 6 rings (SSSR count). The van der Waals surface area contributed by atoms with Crippen LogP contribution in [0.25, 0.3) is 0 Å². The number of rotatable bonds is 35. The molecule has 12 atom stereocenters. The summed E-state index contributed by atoms with van der Waals surface area (Å²) < 4.78 is 0. The lowest BCUT2D eigenvalue weighted by molar-refractivity contribution is -0.142. The minimum absolute atomic E-state index is 0.00170. The lowest BCUT2D eigenvalue weighted by atomic mass is 10.0. The van der Waals surface area contributed by atoms with E-state index in [-0.39, 0.29) is 89.1 Å². The minimum atomic E-state index is -2.02. The van der Waals surface area contributed by atoms with Crippen molar-refractivity contribution in [3.05, 3.63) is 144 Å². The third-order valence-electron chi connectivity index (χ3n) is 18.5. The van der Waals surface area contributed by atoms with Crippen LogP contribution in [0.4, 0.5) is 4.79 Å². The molecular formula is C78H105N17O20. The number of hydrogen-bond donors (Lipinski definition) is 19. The second-order valence-electron chi connectivity index (χ2n) is 28.8. The number of carboxylic acid groups (broad SMARTS) is 1. The molecule has 622 valence electrons. The van der Waals surface area contributed by atoms with Crippen LogP contribution in [0.2, 0.25) is 0 Å². The zero-order valence-corrected chi connectivity index (χ0v) is 64.4. The lowest BCUT2D eigenvalue weighted by Gasteiger charge is -2.31. The fourth-order valence-corrected chi connectivity index (χ4v) is 12.7. The van der Waals surface area contributed by atoms with Crippen molar-refractivity contribution in [2.75, 3.05) is 39.4 Å². The van der Waals surface area contributed by atoms with Crippen LogP contribution >= 0.6 is 0 Å². The van der Waals surface area contributed by atoms with E-state index in [1.165, 1.54) is 4.90 Å². The maximum atomic E-state index is 14.7. The van der Waals surface area contributed by atoms with E-state index in [4.69, 9.17) is 11.5 Å². The molecule has 37 heteroatoms. The smallest absolute Gasteiger partial charge is 0.326 e. The fourth-order valence-electron chi connectivity index (χ4n) is 12.7. The highest BCUT2D eigenvalue weighted by atomic mass is 16.4. The number of unbranched alkanes of at least 4 members (excludes halogenated alkanes) is 1. The molecule has 2 heterocycles. The molecule has 0 aromatic heterocycles. The zero-order valence-electron chi connectivity index (χ0n) is 64.4. The van der Waals surface area contributed by atoms with E-state index in [2.05, 4.69) is 69.1 Å². The van der Waals surface area contributed by atoms with E-state index in [9.17, 15) is 96.8 Å². The van der Waals surface area contributed by atoms with E-state index >= 15 is 0 Å². The van der Waals surface area contributed by atoms with E-state index < -0.39 is 212 Å². The molecule has 0 aliphatic carbocycles. The number of carbonyl (C=O) groups excluding carboxylic acids is 16. The summed E-state index contributed by atoms with van der Waals surface area (Å²) >= 11 is 0. The molecule has 17 amide bonds. The van der Waals surface area contributed by atoms with Crippen LogP contribution in [0.15, 0.2) is 121 Å². The summed E-state index contributed by atoms with van der Waals surface area (Å²) in [5, 5.41) is 64.9. The predicted molar refractivity (Wildman–Crippen MR) is 413 cm³/mol. The number of imide groups is 1. The number of aliphatic hydroxyl groups excluding tert-OH is 2. The predicted octanol–water partition coefficient (Wildman–Crippen LogP) is -4.21. The number of nitrogens with one attached hydrogen (secondary N) is 14. The van der Waals surface area contributed by atoms with Gasteiger partial charge in [0.25, 0.3) is 5.91 Å². The van der Waals surface area contributed by atoms with Gasteiger partial charge in [-0.1, -0.05) is 149 Å². The largest absolute Gasteiger partial charge is 0.480 e. The van der Waals surface area contributed by atoms with Crippen molar-refractivity contribution in [2.45, 2.75) is 184 Å². The highest BCUT2D eigenvalue weighted by Crippen LogP contribution is 2.22. The van der Waals surface area contributed by atoms with Gasteiger partial charge in [0.15, 0.2) is 0 Å². The number of nitrogens with two attached hydrogens (primary N) is 2. The first-order chi connectivity index (χ1) is 54.8. The molecule has 37 nitrogen and oxygen atoms in total. The van der Waals surface area contributed by atoms with E-state index in [0.29, 0.717) is 28.7 Å². The molecule has 2 saturated heterocycles. The van der Waals surface area contributed by atoms with Crippen LogP contribution in [-0.2, 0) is 102 Å². The van der Waals surface area contributed by atoms with Gasteiger partial charge in [0.05, 0.1) is 39.1 Å². The summed E-state index contributed by atoms with van der Waals surface area (Å²) in [6.07, 6.45) is -1.93. The van der Waals surface area contributed by atoms with Crippen LogP contribution in [-0.4, -0.2) is 233 Å². The number of fused-ring (bicyclic) bond motifs is 1. The quantitative estimate of drug-likeness (QED) is 0.0194. The number of carbonyl (C=O) groups is 17. The molecule has 2 aliphatic rings. The molecule has 4 aromatic rings. The summed E-state index contributed by atoms with van der Waals surface area (Å²) in [7, 11) is 0. The Morgan fingerprint density at radius 1 is 0.522 bits per heavy atom. The van der Waals surface area contributed by atoms with E-state index in [0.717, 1.165) is 0 Å². The number of hydrogen-bond acceptors (Lipinski definition) is 20. The number of amides is 17. The Morgan fingerprint density at radius 2 is 1.03 bits per heavy atom. The molecule has 0 bridgehead atoms. The average Bonchev–Trinajstić information content (AvgIpc) is 1.74. The van der Waals surface area contributed by atoms with Crippen LogP contribution in [0.3, 0.4) is 0 Å². The second kappa shape index (κ2) is 46.7. The topological polar surface area (TPSA) is 575 Å². The summed E-state index contributed by atoms with van der Waals surface area (Å²) in [5.41, 5.74) is 13.4. The first-order valence-corrected chi connectivity index (χ1v) is 37.9. The minimum Gasteiger partial charge on any atom is -0.480 e. The number of carboxylic acids is 1. The molecule has 0 unspecified atom stereocenters. The Kier molecular flexibility index (Phi) is 37.2. The fraction of sp³-hybridized carbons (Fsp3) is 0.474. The van der Waals surface area contributed by atoms with E-state index in [1.807, 2.05) is 5.32 Å². The number of benzene rings is 4. The lowest BCUT2D eigenvalue weighted by Crippen LogP contribution is -2.61. The van der Waals surface area contributed by atoms with Crippen molar-refractivity contribution >= 4 is 101 Å². The van der Waals surface area contributed by atoms with Crippen molar-refractivity contribution in [1.82, 2.24) is 79.3 Å². The van der Waals surface area contributed by atoms with Gasteiger partial charge in [-0.3, -0.25) is 77.2 Å². The first kappa shape index (κ1) is 91.6. The third-order valence-corrected chi connectivity index (χ3v) is 18.5. The first-order valence-electron chi connectivity index (χ1n) is 37.9. The van der Waals surface area contributed by atoms with Gasteiger partial charge in [-0.2, -0.15) is 0 Å². The summed E-state index contributed by atoms with van der Waals surface area (Å²) in [5.74, 6) is -17.8. The van der Waals surface area contributed by atoms with Crippen LogP contribution in [0.5, 0.6) is 0 Å². The molecule has 0 spiro atoms. The van der Waals surface area contributed by atoms with Gasteiger partial charge in [0.1, 0.15) is 72.5 Å².